The second-order valence-corrected chi connectivity index (χ2v) is 7.49. The summed E-state index contributed by atoms with van der Waals surface area (Å²) in [5, 5.41) is 0. The molecule has 0 aromatic rings. The summed E-state index contributed by atoms with van der Waals surface area (Å²) < 4.78 is 34.9. The molecule has 3 aliphatic rings. The summed E-state index contributed by atoms with van der Waals surface area (Å²) in [6.45, 7) is 9.74. The average molecular weight is 344 g/mol. The summed E-state index contributed by atoms with van der Waals surface area (Å²) >= 11 is 0. The van der Waals surface area contributed by atoms with E-state index in [9.17, 15) is 4.79 Å². The molecule has 0 amide bonds. The van der Waals surface area contributed by atoms with Crippen LogP contribution in [0.15, 0.2) is 0 Å². The molecule has 0 aliphatic carbocycles. The fourth-order valence-corrected chi connectivity index (χ4v) is 3.35. The van der Waals surface area contributed by atoms with Gasteiger partial charge in [0.2, 0.25) is 0 Å². The van der Waals surface area contributed by atoms with E-state index in [4.69, 9.17) is 28.4 Å². The van der Waals surface area contributed by atoms with Crippen LogP contribution in [-0.2, 0) is 33.2 Å². The van der Waals surface area contributed by atoms with Gasteiger partial charge in [-0.05, 0) is 34.1 Å². The molecule has 24 heavy (non-hydrogen) atoms. The third-order valence-electron chi connectivity index (χ3n) is 4.43. The zero-order chi connectivity index (χ0) is 17.5. The van der Waals surface area contributed by atoms with E-state index in [1.165, 1.54) is 0 Å². The molecule has 3 aliphatic heterocycles. The fourth-order valence-electron chi connectivity index (χ4n) is 3.35. The van der Waals surface area contributed by atoms with E-state index in [2.05, 4.69) is 0 Å². The molecule has 0 N–H and O–H groups in total. The first kappa shape index (κ1) is 18.1. The maximum Gasteiger partial charge on any atom is 0.306 e. The molecule has 0 spiro atoms. The van der Waals surface area contributed by atoms with Crippen LogP contribution < -0.4 is 0 Å². The van der Waals surface area contributed by atoms with Gasteiger partial charge in [0.15, 0.2) is 30.1 Å². The van der Waals surface area contributed by atoms with Crippen LogP contribution in [0.25, 0.3) is 0 Å². The second-order valence-electron chi connectivity index (χ2n) is 7.49. The molecule has 0 bridgehead atoms. The monoisotopic (exact) mass is 344 g/mol. The van der Waals surface area contributed by atoms with Gasteiger partial charge in [-0.15, -0.1) is 0 Å². The molecule has 3 rings (SSSR count). The number of carbonyl (C=O) groups is 1. The predicted octanol–water partition coefficient (Wildman–Crippen LogP) is 2.12. The molecule has 138 valence electrons. The summed E-state index contributed by atoms with van der Waals surface area (Å²) in [5.41, 5.74) is 0. The van der Waals surface area contributed by atoms with Gasteiger partial charge >= 0.3 is 5.97 Å². The van der Waals surface area contributed by atoms with Gasteiger partial charge in [0.25, 0.3) is 0 Å². The number of unbranched alkanes of at least 4 members (excludes halogenated alkanes) is 1. The molecule has 0 radical (unpaired) electrons. The first-order valence-electron chi connectivity index (χ1n) is 8.73. The van der Waals surface area contributed by atoms with Crippen LogP contribution in [0.4, 0.5) is 0 Å². The van der Waals surface area contributed by atoms with E-state index in [0.717, 1.165) is 12.8 Å². The maximum atomic E-state index is 12.1. The zero-order valence-corrected chi connectivity index (χ0v) is 15.1. The Kier molecular flexibility index (Phi) is 4.92. The van der Waals surface area contributed by atoms with Crippen LogP contribution in [0.2, 0.25) is 0 Å². The number of hydrogen-bond donors (Lipinski definition) is 0. The number of ether oxygens (including phenoxy) is 6. The molecule has 0 aromatic heterocycles. The van der Waals surface area contributed by atoms with Gasteiger partial charge in [-0.25, -0.2) is 0 Å². The van der Waals surface area contributed by atoms with E-state index in [0.29, 0.717) is 13.0 Å². The molecular formula is C17H28O7. The highest BCUT2D eigenvalue weighted by atomic mass is 16.8. The standard InChI is InChI=1S/C17H28O7/c1-6-7-8-11(18)20-13-12(10-9-19-16(2,3)22-10)21-15-14(13)23-17(4,5)24-15/h10,12-15H,6-9H2,1-5H3/t10-,12+,13-,14-,15-/m1/s1. The lowest BCUT2D eigenvalue weighted by Crippen LogP contribution is -2.45. The minimum absolute atomic E-state index is 0.248. The minimum atomic E-state index is -0.763. The van der Waals surface area contributed by atoms with Gasteiger partial charge < -0.3 is 28.4 Å². The summed E-state index contributed by atoms with van der Waals surface area (Å²) in [5.74, 6) is -1.69. The first-order valence-corrected chi connectivity index (χ1v) is 8.73. The van der Waals surface area contributed by atoms with Crippen LogP contribution in [0, 0.1) is 0 Å². The van der Waals surface area contributed by atoms with Gasteiger partial charge in [0.1, 0.15) is 12.2 Å². The Labute approximate surface area is 142 Å². The molecule has 3 fully saturated rings. The Morgan fingerprint density at radius 1 is 1.08 bits per heavy atom. The normalized spacial score (nSPS) is 39.8. The van der Waals surface area contributed by atoms with E-state index in [1.807, 2.05) is 34.6 Å². The van der Waals surface area contributed by atoms with Crippen LogP contribution in [0.1, 0.15) is 53.9 Å². The SMILES string of the molecule is CCCCC(=O)O[C@@H]1[C@H]([C@H]2COC(C)(C)O2)O[C@@H]2OC(C)(C)O[C@@H]21. The Bertz CT molecular complexity index is 476. The van der Waals surface area contributed by atoms with Crippen molar-refractivity contribution in [3.05, 3.63) is 0 Å². The molecule has 5 atom stereocenters. The minimum Gasteiger partial charge on any atom is -0.456 e. The van der Waals surface area contributed by atoms with Crippen molar-refractivity contribution in [3.8, 4) is 0 Å². The highest BCUT2D eigenvalue weighted by Gasteiger charge is 2.59. The second kappa shape index (κ2) is 6.53. The predicted molar refractivity (Wildman–Crippen MR) is 83.0 cm³/mol. The average Bonchev–Trinajstić information content (AvgIpc) is 3.08. The van der Waals surface area contributed by atoms with Crippen molar-refractivity contribution < 1.29 is 33.2 Å². The largest absolute Gasteiger partial charge is 0.456 e. The highest BCUT2D eigenvalue weighted by Crippen LogP contribution is 2.42. The quantitative estimate of drug-likeness (QED) is 0.707. The number of rotatable bonds is 5. The number of fused-ring (bicyclic) bond motifs is 1. The van der Waals surface area contributed by atoms with E-state index < -0.39 is 36.2 Å². The Morgan fingerprint density at radius 2 is 1.83 bits per heavy atom. The lowest BCUT2D eigenvalue weighted by atomic mass is 10.1. The molecule has 7 heteroatoms. The summed E-state index contributed by atoms with van der Waals surface area (Å²) in [6, 6.07) is 0. The van der Waals surface area contributed by atoms with Crippen LogP contribution in [0.3, 0.4) is 0 Å². The topological polar surface area (TPSA) is 72.5 Å². The van der Waals surface area contributed by atoms with Crippen LogP contribution in [-0.4, -0.2) is 54.9 Å². The molecular weight excluding hydrogens is 316 g/mol. The maximum absolute atomic E-state index is 12.1. The third-order valence-corrected chi connectivity index (χ3v) is 4.43. The Morgan fingerprint density at radius 3 is 2.46 bits per heavy atom. The van der Waals surface area contributed by atoms with Gasteiger partial charge in [0.05, 0.1) is 6.61 Å². The van der Waals surface area contributed by atoms with Crippen molar-refractivity contribution in [1.29, 1.82) is 0 Å². The first-order chi connectivity index (χ1) is 11.2. The van der Waals surface area contributed by atoms with E-state index in [1.54, 1.807) is 0 Å². The highest BCUT2D eigenvalue weighted by molar-refractivity contribution is 5.69. The lowest BCUT2D eigenvalue weighted by molar-refractivity contribution is -0.235. The van der Waals surface area contributed by atoms with Gasteiger partial charge in [-0.1, -0.05) is 13.3 Å². The smallest absolute Gasteiger partial charge is 0.306 e. The molecule has 7 nitrogen and oxygen atoms in total. The molecule has 0 saturated carbocycles. The van der Waals surface area contributed by atoms with Crippen molar-refractivity contribution in [2.45, 2.75) is 96.2 Å². The van der Waals surface area contributed by atoms with E-state index in [-0.39, 0.29) is 12.1 Å². The third kappa shape index (κ3) is 3.75. The summed E-state index contributed by atoms with van der Waals surface area (Å²) in [6.07, 6.45) is -0.272. The van der Waals surface area contributed by atoms with E-state index >= 15 is 0 Å². The summed E-state index contributed by atoms with van der Waals surface area (Å²) in [7, 11) is 0. The number of hydrogen-bond acceptors (Lipinski definition) is 7. The molecule has 0 unspecified atom stereocenters. The summed E-state index contributed by atoms with van der Waals surface area (Å²) in [4.78, 5) is 12.1. The molecule has 0 aromatic carbocycles. The van der Waals surface area contributed by atoms with Crippen molar-refractivity contribution >= 4 is 5.97 Å². The number of esters is 1. The number of carbonyl (C=O) groups excluding carboxylic acids is 1. The lowest BCUT2D eigenvalue weighted by Gasteiger charge is -2.28. The van der Waals surface area contributed by atoms with Gasteiger partial charge in [0, 0.05) is 6.42 Å². The fraction of sp³-hybridized carbons (Fsp3) is 0.941. The van der Waals surface area contributed by atoms with Gasteiger partial charge in [-0.2, -0.15) is 0 Å². The molecule has 3 saturated heterocycles. The van der Waals surface area contributed by atoms with Crippen molar-refractivity contribution in [1.82, 2.24) is 0 Å². The van der Waals surface area contributed by atoms with Crippen molar-refractivity contribution in [3.63, 3.8) is 0 Å². The van der Waals surface area contributed by atoms with Crippen LogP contribution in [0.5, 0.6) is 0 Å². The Balaban J connectivity index is 1.72. The molecule has 3 heterocycles. The van der Waals surface area contributed by atoms with Crippen LogP contribution >= 0.6 is 0 Å². The Hall–Kier alpha value is -0.730. The van der Waals surface area contributed by atoms with Gasteiger partial charge in [-0.3, -0.25) is 4.79 Å². The zero-order valence-electron chi connectivity index (χ0n) is 15.1. The van der Waals surface area contributed by atoms with Crippen molar-refractivity contribution in [2.75, 3.05) is 6.61 Å². The van der Waals surface area contributed by atoms with Crippen molar-refractivity contribution in [2.24, 2.45) is 0 Å².